The number of nitrogens with zero attached hydrogens (tertiary/aromatic N) is 3. The summed E-state index contributed by atoms with van der Waals surface area (Å²) in [5.41, 5.74) is 3.13. The second kappa shape index (κ2) is 15.2. The zero-order chi connectivity index (χ0) is 33.6. The largest absolute Gasteiger partial charge is 0.343 e. The van der Waals surface area contributed by atoms with E-state index in [0.29, 0.717) is 13.0 Å². The lowest BCUT2D eigenvalue weighted by Gasteiger charge is -2.46. The Kier molecular flexibility index (Phi) is 10.5. The normalized spacial score (nSPS) is 21.3. The maximum Gasteiger partial charge on any atom is 0.247 e. The molecule has 1 unspecified atom stereocenters. The third-order valence-corrected chi connectivity index (χ3v) is 10.5. The van der Waals surface area contributed by atoms with Crippen molar-refractivity contribution in [3.63, 3.8) is 0 Å². The number of hydrogen-bond donors (Lipinski definition) is 2. The van der Waals surface area contributed by atoms with Crippen molar-refractivity contribution < 1.29 is 19.2 Å². The topological polar surface area (TPSA) is 102 Å². The Hall–Kier alpha value is -4.50. The SMILES string of the molecule is CNC(C)C(=O)N[C@H](C(=O)N1CC(=O)N2[C@@H]1CN(CC(c1ccccc1)c1ccccc1)C(=O)[C@@H]2Cc1ccccc1)C1CCCCC1. The molecule has 4 amide bonds. The van der Waals surface area contributed by atoms with E-state index < -0.39 is 24.3 Å². The molecule has 3 aromatic rings. The highest BCUT2D eigenvalue weighted by atomic mass is 16.2. The van der Waals surface area contributed by atoms with Crippen LogP contribution in [0.5, 0.6) is 0 Å². The number of benzene rings is 3. The third-order valence-electron chi connectivity index (χ3n) is 10.5. The smallest absolute Gasteiger partial charge is 0.247 e. The zero-order valence-corrected chi connectivity index (χ0v) is 28.0. The van der Waals surface area contributed by atoms with Gasteiger partial charge in [0.25, 0.3) is 0 Å². The monoisotopic (exact) mass is 649 g/mol. The van der Waals surface area contributed by atoms with Gasteiger partial charge in [0.15, 0.2) is 0 Å². The molecule has 9 nitrogen and oxygen atoms in total. The molecular formula is C39H47N5O4. The molecule has 6 rings (SSSR count). The zero-order valence-electron chi connectivity index (χ0n) is 28.0. The Morgan fingerprint density at radius 1 is 0.833 bits per heavy atom. The van der Waals surface area contributed by atoms with E-state index in [9.17, 15) is 19.2 Å². The fourth-order valence-corrected chi connectivity index (χ4v) is 7.68. The van der Waals surface area contributed by atoms with Crippen molar-refractivity contribution in [1.82, 2.24) is 25.3 Å². The molecule has 2 aliphatic heterocycles. The summed E-state index contributed by atoms with van der Waals surface area (Å²) < 4.78 is 0. The lowest BCUT2D eigenvalue weighted by atomic mass is 9.83. The molecule has 1 aliphatic carbocycles. The van der Waals surface area contributed by atoms with E-state index in [-0.39, 0.29) is 48.6 Å². The molecular weight excluding hydrogens is 602 g/mol. The van der Waals surface area contributed by atoms with Gasteiger partial charge in [-0.05, 0) is 49.4 Å². The van der Waals surface area contributed by atoms with E-state index >= 15 is 0 Å². The number of amides is 4. The quantitative estimate of drug-likeness (QED) is 0.328. The van der Waals surface area contributed by atoms with Crippen LogP contribution in [0.4, 0.5) is 0 Å². The number of carbonyl (C=O) groups excluding carboxylic acids is 4. The molecule has 2 N–H and O–H groups in total. The highest BCUT2D eigenvalue weighted by Gasteiger charge is 2.53. The predicted molar refractivity (Wildman–Crippen MR) is 185 cm³/mol. The summed E-state index contributed by atoms with van der Waals surface area (Å²) in [5.74, 6) is -0.935. The Morgan fingerprint density at radius 2 is 1.42 bits per heavy atom. The molecule has 0 aromatic heterocycles. The molecule has 0 bridgehead atoms. The molecule has 48 heavy (non-hydrogen) atoms. The van der Waals surface area contributed by atoms with Crippen LogP contribution in [0.1, 0.15) is 61.6 Å². The van der Waals surface area contributed by atoms with Crippen molar-refractivity contribution in [3.8, 4) is 0 Å². The summed E-state index contributed by atoms with van der Waals surface area (Å²) in [6, 6.07) is 28.1. The Morgan fingerprint density at radius 3 is 2.00 bits per heavy atom. The number of hydrogen-bond acceptors (Lipinski definition) is 5. The van der Waals surface area contributed by atoms with E-state index in [2.05, 4.69) is 34.9 Å². The molecule has 252 valence electrons. The molecule has 3 aliphatic rings. The minimum Gasteiger partial charge on any atom is -0.343 e. The Balaban J connectivity index is 1.35. The van der Waals surface area contributed by atoms with E-state index in [1.807, 2.05) is 71.6 Å². The molecule has 3 fully saturated rings. The summed E-state index contributed by atoms with van der Waals surface area (Å²) >= 11 is 0. The van der Waals surface area contributed by atoms with Crippen LogP contribution in [0.2, 0.25) is 0 Å². The van der Waals surface area contributed by atoms with Gasteiger partial charge in [0.05, 0.1) is 12.6 Å². The molecule has 3 aromatic carbocycles. The van der Waals surface area contributed by atoms with Crippen molar-refractivity contribution in [3.05, 3.63) is 108 Å². The molecule has 2 saturated heterocycles. The summed E-state index contributed by atoms with van der Waals surface area (Å²) in [7, 11) is 1.72. The van der Waals surface area contributed by atoms with Crippen molar-refractivity contribution in [2.45, 2.75) is 75.7 Å². The van der Waals surface area contributed by atoms with Crippen LogP contribution in [0.15, 0.2) is 91.0 Å². The van der Waals surface area contributed by atoms with E-state index in [4.69, 9.17) is 0 Å². The maximum absolute atomic E-state index is 14.6. The second-order valence-corrected chi connectivity index (χ2v) is 13.5. The molecule has 1 saturated carbocycles. The van der Waals surface area contributed by atoms with Crippen molar-refractivity contribution >= 4 is 23.6 Å². The van der Waals surface area contributed by atoms with Crippen LogP contribution >= 0.6 is 0 Å². The van der Waals surface area contributed by atoms with Gasteiger partial charge in [-0.3, -0.25) is 19.2 Å². The second-order valence-electron chi connectivity index (χ2n) is 13.5. The van der Waals surface area contributed by atoms with Gasteiger partial charge in [-0.25, -0.2) is 0 Å². The van der Waals surface area contributed by atoms with Crippen LogP contribution < -0.4 is 10.6 Å². The van der Waals surface area contributed by atoms with Crippen LogP contribution in [0.3, 0.4) is 0 Å². The van der Waals surface area contributed by atoms with Crippen molar-refractivity contribution in [2.24, 2.45) is 5.92 Å². The van der Waals surface area contributed by atoms with Crippen molar-refractivity contribution in [1.29, 1.82) is 0 Å². The van der Waals surface area contributed by atoms with Gasteiger partial charge < -0.3 is 25.3 Å². The summed E-state index contributed by atoms with van der Waals surface area (Å²) in [5, 5.41) is 6.04. The van der Waals surface area contributed by atoms with E-state index in [1.165, 1.54) is 0 Å². The fraction of sp³-hybridized carbons (Fsp3) is 0.436. The number of piperazine rings is 1. The minimum absolute atomic E-state index is 0.00890. The number of likely N-dealkylation sites (N-methyl/N-ethyl adjacent to an activating group) is 1. The number of nitrogens with one attached hydrogen (secondary N) is 2. The van der Waals surface area contributed by atoms with Crippen LogP contribution in [0.25, 0.3) is 0 Å². The first-order valence-corrected chi connectivity index (χ1v) is 17.4. The van der Waals surface area contributed by atoms with Crippen molar-refractivity contribution in [2.75, 3.05) is 26.7 Å². The van der Waals surface area contributed by atoms with Gasteiger partial charge in [0.1, 0.15) is 24.8 Å². The van der Waals surface area contributed by atoms with Gasteiger partial charge >= 0.3 is 0 Å². The first-order chi connectivity index (χ1) is 23.4. The Bertz CT molecular complexity index is 1520. The molecule has 0 spiro atoms. The highest BCUT2D eigenvalue weighted by molar-refractivity contribution is 5.97. The standard InChI is InChI=1S/C39H47N5O4/c1-27(40-2)37(46)41-36(31-21-13-6-14-22-31)39(48)43-26-35(45)44-33(23-28-15-7-3-8-16-28)38(47)42(25-34(43)44)24-32(29-17-9-4-10-18-29)30-19-11-5-12-20-30/h3-5,7-12,15-20,27,31-34,36,40H,6,13-14,21-26H2,1-2H3,(H,41,46)/t27?,33-,34+,36-/m0/s1. The lowest BCUT2D eigenvalue weighted by molar-refractivity contribution is -0.156. The molecule has 4 atom stereocenters. The Labute approximate surface area is 283 Å². The third kappa shape index (κ3) is 7.16. The summed E-state index contributed by atoms with van der Waals surface area (Å²) in [6.07, 6.45) is 4.53. The van der Waals surface area contributed by atoms with Gasteiger partial charge in [-0.15, -0.1) is 0 Å². The molecule has 9 heteroatoms. The van der Waals surface area contributed by atoms with Crippen LogP contribution in [0, 0.1) is 5.92 Å². The van der Waals surface area contributed by atoms with Crippen LogP contribution in [-0.4, -0.2) is 89.3 Å². The average molecular weight is 650 g/mol. The average Bonchev–Trinajstić information content (AvgIpc) is 3.47. The number of rotatable bonds is 11. The molecule has 0 radical (unpaired) electrons. The predicted octanol–water partition coefficient (Wildman–Crippen LogP) is 3.94. The van der Waals surface area contributed by atoms with Crippen LogP contribution in [-0.2, 0) is 25.6 Å². The summed E-state index contributed by atoms with van der Waals surface area (Å²) in [4.78, 5) is 61.3. The van der Waals surface area contributed by atoms with E-state index in [1.54, 1.807) is 23.8 Å². The first-order valence-electron chi connectivity index (χ1n) is 17.4. The van der Waals surface area contributed by atoms with Gasteiger partial charge in [-0.1, -0.05) is 110 Å². The van der Waals surface area contributed by atoms with Gasteiger partial charge in [0, 0.05) is 18.9 Å². The van der Waals surface area contributed by atoms with E-state index in [0.717, 1.165) is 48.8 Å². The first kappa shape index (κ1) is 33.4. The van der Waals surface area contributed by atoms with Gasteiger partial charge in [0.2, 0.25) is 23.6 Å². The lowest BCUT2D eigenvalue weighted by Crippen LogP contribution is -2.66. The summed E-state index contributed by atoms with van der Waals surface area (Å²) in [6.45, 7) is 2.27. The van der Waals surface area contributed by atoms with Gasteiger partial charge in [-0.2, -0.15) is 0 Å². The minimum atomic E-state index is -0.754. The maximum atomic E-state index is 14.6. The number of fused-ring (bicyclic) bond motifs is 1. The number of carbonyl (C=O) groups is 4. The molecule has 2 heterocycles. The fourth-order valence-electron chi connectivity index (χ4n) is 7.68. The highest BCUT2D eigenvalue weighted by Crippen LogP contribution is 2.34.